The summed E-state index contributed by atoms with van der Waals surface area (Å²) in [5.41, 5.74) is 1.75. The monoisotopic (exact) mass is 270 g/mol. The Kier molecular flexibility index (Phi) is 5.24. The molecule has 0 radical (unpaired) electrons. The van der Waals surface area contributed by atoms with Crippen molar-refractivity contribution in [3.05, 3.63) is 47.2 Å². The molecule has 1 atom stereocenters. The van der Waals surface area contributed by atoms with Crippen LogP contribution < -0.4 is 0 Å². The van der Waals surface area contributed by atoms with Gasteiger partial charge in [0.15, 0.2) is 0 Å². The van der Waals surface area contributed by atoms with Gasteiger partial charge in [0.1, 0.15) is 5.60 Å². The zero-order valence-electron chi connectivity index (χ0n) is 12.8. The van der Waals surface area contributed by atoms with Crippen LogP contribution in [-0.4, -0.2) is 10.8 Å². The summed E-state index contributed by atoms with van der Waals surface area (Å²) in [5, 5.41) is 20.0. The third kappa shape index (κ3) is 3.15. The number of hydrogen-bond acceptors (Lipinski definition) is 3. The smallest absolute Gasteiger partial charge is 0.130 e. The van der Waals surface area contributed by atoms with Crippen LogP contribution in [0.2, 0.25) is 0 Å². The summed E-state index contributed by atoms with van der Waals surface area (Å²) in [6.07, 6.45) is 1.91. The quantitative estimate of drug-likeness (QED) is 0.846. The van der Waals surface area contributed by atoms with Crippen LogP contribution >= 0.6 is 0 Å². The van der Waals surface area contributed by atoms with Crippen LogP contribution in [0.1, 0.15) is 45.7 Å². The molecule has 20 heavy (non-hydrogen) atoms. The summed E-state index contributed by atoms with van der Waals surface area (Å²) in [6, 6.07) is 9.11. The predicted molar refractivity (Wildman–Crippen MR) is 82.4 cm³/mol. The Morgan fingerprint density at radius 2 is 1.85 bits per heavy atom. The zero-order valence-corrected chi connectivity index (χ0v) is 12.8. The molecule has 0 amide bonds. The Hall–Kier alpha value is -1.92. The van der Waals surface area contributed by atoms with Crippen molar-refractivity contribution in [2.24, 2.45) is 10.9 Å². The fraction of sp³-hybridized carbons (Fsp3) is 0.412. The highest BCUT2D eigenvalue weighted by atomic mass is 16.3. The summed E-state index contributed by atoms with van der Waals surface area (Å²) >= 11 is 0. The van der Waals surface area contributed by atoms with E-state index in [-0.39, 0.29) is 5.92 Å². The number of allylic oxidation sites excluding steroid dienone is 2. The maximum Gasteiger partial charge on any atom is 0.130 e. The number of benzene rings is 1. The van der Waals surface area contributed by atoms with E-state index in [0.29, 0.717) is 11.3 Å². The van der Waals surface area contributed by atoms with Crippen molar-refractivity contribution in [2.75, 3.05) is 0 Å². The van der Waals surface area contributed by atoms with Crippen LogP contribution in [-0.2, 0) is 5.60 Å². The molecular weight excluding hydrogens is 248 g/mol. The molecule has 0 saturated heterocycles. The van der Waals surface area contributed by atoms with E-state index in [4.69, 9.17) is 5.26 Å². The number of nitriles is 1. The highest BCUT2D eigenvalue weighted by Gasteiger charge is 2.36. The lowest BCUT2D eigenvalue weighted by atomic mass is 9.79. The van der Waals surface area contributed by atoms with E-state index in [0.717, 1.165) is 11.3 Å². The van der Waals surface area contributed by atoms with E-state index < -0.39 is 5.60 Å². The highest BCUT2D eigenvalue weighted by Crippen LogP contribution is 2.32. The van der Waals surface area contributed by atoms with Crippen molar-refractivity contribution in [3.8, 4) is 6.07 Å². The van der Waals surface area contributed by atoms with Crippen LogP contribution in [0.5, 0.6) is 0 Å². The molecule has 0 bridgehead atoms. The van der Waals surface area contributed by atoms with Gasteiger partial charge in [0, 0.05) is 5.70 Å². The fourth-order valence-corrected chi connectivity index (χ4v) is 2.17. The van der Waals surface area contributed by atoms with Crippen molar-refractivity contribution in [2.45, 2.75) is 40.2 Å². The fourth-order valence-electron chi connectivity index (χ4n) is 2.17. The highest BCUT2D eigenvalue weighted by molar-refractivity contribution is 5.92. The van der Waals surface area contributed by atoms with Crippen LogP contribution in [0.25, 0.3) is 0 Å². The van der Waals surface area contributed by atoms with E-state index in [2.05, 4.69) is 11.1 Å². The van der Waals surface area contributed by atoms with Crippen molar-refractivity contribution < 1.29 is 5.11 Å². The van der Waals surface area contributed by atoms with Gasteiger partial charge in [-0.25, -0.2) is 0 Å². The van der Waals surface area contributed by atoms with Gasteiger partial charge in [0.2, 0.25) is 0 Å². The Labute approximate surface area is 121 Å². The first-order chi connectivity index (χ1) is 9.36. The second-order valence-electron chi connectivity index (χ2n) is 5.24. The number of hydrogen-bond donors (Lipinski definition) is 1. The molecule has 0 spiro atoms. The van der Waals surface area contributed by atoms with Gasteiger partial charge in [-0.15, -0.1) is 0 Å². The number of aliphatic imine (C=N–C) groups is 1. The summed E-state index contributed by atoms with van der Waals surface area (Å²) in [6.45, 7) is 9.58. The van der Waals surface area contributed by atoms with Crippen LogP contribution in [0.15, 0.2) is 41.0 Å². The minimum Gasteiger partial charge on any atom is -0.379 e. The van der Waals surface area contributed by atoms with Gasteiger partial charge in [0.05, 0.1) is 17.3 Å². The molecule has 1 N–H and O–H groups in total. The second-order valence-corrected chi connectivity index (χ2v) is 5.24. The summed E-state index contributed by atoms with van der Waals surface area (Å²) in [7, 11) is 0. The van der Waals surface area contributed by atoms with E-state index in [1.165, 1.54) is 0 Å². The van der Waals surface area contributed by atoms with Crippen LogP contribution in [0.4, 0.5) is 0 Å². The average Bonchev–Trinajstić information content (AvgIpc) is 2.45. The normalized spacial score (nSPS) is 15.9. The molecule has 3 heteroatoms. The molecule has 1 aromatic carbocycles. The Balaban J connectivity index is 3.34. The SMILES string of the molecule is C/C=C(/C)N=C(C)C(O)(c1ccc(C#N)cc1)C(C)C. The zero-order chi connectivity index (χ0) is 15.3. The number of aliphatic hydroxyl groups is 1. The van der Waals surface area contributed by atoms with E-state index in [9.17, 15) is 5.11 Å². The Morgan fingerprint density at radius 3 is 2.25 bits per heavy atom. The van der Waals surface area contributed by atoms with Gasteiger partial charge in [-0.2, -0.15) is 5.26 Å². The van der Waals surface area contributed by atoms with E-state index >= 15 is 0 Å². The molecular formula is C17H22N2O. The first kappa shape index (κ1) is 16.1. The molecule has 0 aliphatic rings. The molecule has 106 valence electrons. The van der Waals surface area contributed by atoms with Crippen LogP contribution in [0, 0.1) is 17.2 Å². The number of rotatable bonds is 4. The predicted octanol–water partition coefficient (Wildman–Crippen LogP) is 3.79. The molecule has 1 rings (SSSR count). The van der Waals surface area contributed by atoms with Gasteiger partial charge < -0.3 is 5.11 Å². The summed E-state index contributed by atoms with van der Waals surface area (Å²) in [5.74, 6) is -0.0242. The van der Waals surface area contributed by atoms with Crippen LogP contribution in [0.3, 0.4) is 0 Å². The van der Waals surface area contributed by atoms with Crippen molar-refractivity contribution in [1.29, 1.82) is 5.26 Å². The summed E-state index contributed by atoms with van der Waals surface area (Å²) < 4.78 is 0. The molecule has 1 aromatic rings. The molecule has 0 aliphatic heterocycles. The molecule has 3 nitrogen and oxygen atoms in total. The minimum absolute atomic E-state index is 0.0242. The van der Waals surface area contributed by atoms with Crippen molar-refractivity contribution >= 4 is 5.71 Å². The first-order valence-electron chi connectivity index (χ1n) is 6.78. The topological polar surface area (TPSA) is 56.4 Å². The Morgan fingerprint density at radius 1 is 1.30 bits per heavy atom. The lowest BCUT2D eigenvalue weighted by Gasteiger charge is -2.33. The van der Waals surface area contributed by atoms with Crippen molar-refractivity contribution in [3.63, 3.8) is 0 Å². The third-order valence-corrected chi connectivity index (χ3v) is 3.60. The lowest BCUT2D eigenvalue weighted by Crippen LogP contribution is -2.39. The van der Waals surface area contributed by atoms with Crippen molar-refractivity contribution in [1.82, 2.24) is 0 Å². The lowest BCUT2D eigenvalue weighted by molar-refractivity contribution is 0.0604. The van der Waals surface area contributed by atoms with Gasteiger partial charge in [-0.05, 0) is 44.4 Å². The standard InChI is InChI=1S/C17H22N2O/c1-6-13(4)19-14(5)17(20,12(2)3)16-9-7-15(11-18)8-10-16/h6-10,12,20H,1-5H3/b13-6-,19-14?. The van der Waals surface area contributed by atoms with Gasteiger partial charge >= 0.3 is 0 Å². The summed E-state index contributed by atoms with van der Waals surface area (Å²) in [4.78, 5) is 4.47. The average molecular weight is 270 g/mol. The van der Waals surface area contributed by atoms with Gasteiger partial charge in [-0.1, -0.05) is 32.1 Å². The largest absolute Gasteiger partial charge is 0.379 e. The molecule has 1 unspecified atom stereocenters. The van der Waals surface area contributed by atoms with E-state index in [1.54, 1.807) is 24.3 Å². The maximum absolute atomic E-state index is 11.1. The molecule has 0 aliphatic carbocycles. The first-order valence-corrected chi connectivity index (χ1v) is 6.78. The molecule has 0 saturated carbocycles. The van der Waals surface area contributed by atoms with Gasteiger partial charge in [0.25, 0.3) is 0 Å². The molecule has 0 fully saturated rings. The van der Waals surface area contributed by atoms with Gasteiger partial charge in [-0.3, -0.25) is 4.99 Å². The maximum atomic E-state index is 11.1. The third-order valence-electron chi connectivity index (χ3n) is 3.60. The minimum atomic E-state index is -1.13. The van der Waals surface area contributed by atoms with E-state index in [1.807, 2.05) is 40.7 Å². The number of nitrogens with zero attached hydrogens (tertiary/aromatic N) is 2. The molecule has 0 heterocycles. The Bertz CT molecular complexity index is 562. The molecule has 0 aromatic heterocycles. The second kappa shape index (κ2) is 6.49.